The zero-order valence-electron chi connectivity index (χ0n) is 8.38. The molecule has 0 saturated carbocycles. The SMILES string of the molecule is Nc1ncncc1-c1nc2ccccc2[nH]1. The Balaban J connectivity index is 2.23. The van der Waals surface area contributed by atoms with E-state index < -0.39 is 0 Å². The van der Waals surface area contributed by atoms with Crippen molar-refractivity contribution in [3.8, 4) is 11.4 Å². The summed E-state index contributed by atoms with van der Waals surface area (Å²) in [7, 11) is 0. The van der Waals surface area contributed by atoms with Crippen molar-refractivity contribution in [3.63, 3.8) is 0 Å². The minimum absolute atomic E-state index is 0.425. The minimum atomic E-state index is 0.425. The van der Waals surface area contributed by atoms with Crippen LogP contribution < -0.4 is 5.73 Å². The number of aromatic nitrogens is 4. The fourth-order valence-corrected chi connectivity index (χ4v) is 1.60. The van der Waals surface area contributed by atoms with Crippen molar-refractivity contribution in [3.05, 3.63) is 36.8 Å². The van der Waals surface area contributed by atoms with Gasteiger partial charge in [0, 0.05) is 6.20 Å². The quantitative estimate of drug-likeness (QED) is 0.640. The third kappa shape index (κ3) is 1.30. The van der Waals surface area contributed by atoms with Gasteiger partial charge in [-0.1, -0.05) is 12.1 Å². The number of nitrogens with two attached hydrogens (primary N) is 1. The van der Waals surface area contributed by atoms with E-state index in [-0.39, 0.29) is 0 Å². The molecule has 2 aromatic heterocycles. The van der Waals surface area contributed by atoms with E-state index in [2.05, 4.69) is 19.9 Å². The van der Waals surface area contributed by atoms with Crippen LogP contribution in [0.4, 0.5) is 5.82 Å². The van der Waals surface area contributed by atoms with Crippen molar-refractivity contribution in [2.24, 2.45) is 0 Å². The fraction of sp³-hybridized carbons (Fsp3) is 0. The number of benzene rings is 1. The van der Waals surface area contributed by atoms with Gasteiger partial charge in [-0.15, -0.1) is 0 Å². The number of nitrogens with zero attached hydrogens (tertiary/aromatic N) is 3. The lowest BCUT2D eigenvalue weighted by atomic mass is 10.3. The number of imidazole rings is 1. The third-order valence-electron chi connectivity index (χ3n) is 2.39. The maximum atomic E-state index is 5.76. The number of hydrogen-bond donors (Lipinski definition) is 2. The molecule has 0 aliphatic carbocycles. The van der Waals surface area contributed by atoms with Crippen LogP contribution >= 0.6 is 0 Å². The molecule has 3 rings (SSSR count). The van der Waals surface area contributed by atoms with E-state index in [9.17, 15) is 0 Å². The van der Waals surface area contributed by atoms with Gasteiger partial charge in [0.25, 0.3) is 0 Å². The van der Waals surface area contributed by atoms with Crippen molar-refractivity contribution in [2.75, 3.05) is 5.73 Å². The molecular weight excluding hydrogens is 202 g/mol. The molecule has 0 fully saturated rings. The number of anilines is 1. The van der Waals surface area contributed by atoms with Gasteiger partial charge in [0.15, 0.2) is 0 Å². The number of nitrogens with one attached hydrogen (secondary N) is 1. The Hall–Kier alpha value is -2.43. The van der Waals surface area contributed by atoms with E-state index in [1.807, 2.05) is 24.3 Å². The summed E-state index contributed by atoms with van der Waals surface area (Å²) in [6.45, 7) is 0. The second kappa shape index (κ2) is 3.30. The first kappa shape index (κ1) is 8.84. The number of para-hydroxylation sites is 2. The molecule has 78 valence electrons. The number of rotatable bonds is 1. The molecule has 5 nitrogen and oxygen atoms in total. The van der Waals surface area contributed by atoms with Crippen LogP contribution in [-0.4, -0.2) is 19.9 Å². The summed E-state index contributed by atoms with van der Waals surface area (Å²) in [6.07, 6.45) is 3.07. The second-order valence-corrected chi connectivity index (χ2v) is 3.42. The molecule has 5 heteroatoms. The van der Waals surface area contributed by atoms with E-state index >= 15 is 0 Å². The number of fused-ring (bicyclic) bond motifs is 1. The molecule has 0 atom stereocenters. The molecule has 0 saturated heterocycles. The fourth-order valence-electron chi connectivity index (χ4n) is 1.60. The summed E-state index contributed by atoms with van der Waals surface area (Å²) in [5.74, 6) is 1.12. The molecule has 3 aromatic rings. The molecule has 0 unspecified atom stereocenters. The van der Waals surface area contributed by atoms with E-state index in [1.165, 1.54) is 6.33 Å². The van der Waals surface area contributed by atoms with Crippen LogP contribution in [0.5, 0.6) is 0 Å². The highest BCUT2D eigenvalue weighted by atomic mass is 15.0. The molecule has 1 aromatic carbocycles. The zero-order chi connectivity index (χ0) is 11.0. The van der Waals surface area contributed by atoms with Crippen LogP contribution in [-0.2, 0) is 0 Å². The van der Waals surface area contributed by atoms with Crippen LogP contribution in [0.3, 0.4) is 0 Å². The molecule has 0 spiro atoms. The molecule has 2 heterocycles. The van der Waals surface area contributed by atoms with E-state index in [0.717, 1.165) is 16.6 Å². The Bertz CT molecular complexity index is 610. The van der Waals surface area contributed by atoms with Crippen LogP contribution in [0.15, 0.2) is 36.8 Å². The van der Waals surface area contributed by atoms with E-state index in [0.29, 0.717) is 11.6 Å². The Kier molecular flexibility index (Phi) is 1.83. The highest BCUT2D eigenvalue weighted by Crippen LogP contribution is 2.22. The first-order valence-corrected chi connectivity index (χ1v) is 4.85. The third-order valence-corrected chi connectivity index (χ3v) is 2.39. The summed E-state index contributed by atoms with van der Waals surface area (Å²) in [6, 6.07) is 7.80. The lowest BCUT2D eigenvalue weighted by Crippen LogP contribution is -1.95. The normalized spacial score (nSPS) is 10.8. The highest BCUT2D eigenvalue weighted by molar-refractivity contribution is 5.81. The van der Waals surface area contributed by atoms with Crippen LogP contribution in [0.25, 0.3) is 22.4 Å². The Morgan fingerprint density at radius 2 is 2.06 bits per heavy atom. The van der Waals surface area contributed by atoms with Crippen molar-refractivity contribution in [1.29, 1.82) is 0 Å². The largest absolute Gasteiger partial charge is 0.383 e. The average Bonchev–Trinajstić information content (AvgIpc) is 2.73. The van der Waals surface area contributed by atoms with Gasteiger partial charge in [-0.25, -0.2) is 15.0 Å². The standard InChI is InChI=1S/C11H9N5/c12-10-7(5-13-6-14-10)11-15-8-3-1-2-4-9(8)16-11/h1-6H,(H,15,16)(H2,12,13,14). The van der Waals surface area contributed by atoms with Crippen LogP contribution in [0, 0.1) is 0 Å². The number of nitrogen functional groups attached to an aromatic ring is 1. The van der Waals surface area contributed by atoms with Gasteiger partial charge in [-0.2, -0.15) is 0 Å². The number of aromatic amines is 1. The van der Waals surface area contributed by atoms with E-state index in [1.54, 1.807) is 6.20 Å². The van der Waals surface area contributed by atoms with Crippen molar-refractivity contribution in [2.45, 2.75) is 0 Å². The Labute approximate surface area is 91.4 Å². The van der Waals surface area contributed by atoms with Gasteiger partial charge in [0.2, 0.25) is 0 Å². The number of H-pyrrole nitrogens is 1. The predicted octanol–water partition coefficient (Wildman–Crippen LogP) is 1.60. The molecule has 0 amide bonds. The highest BCUT2D eigenvalue weighted by Gasteiger charge is 2.08. The van der Waals surface area contributed by atoms with Gasteiger partial charge >= 0.3 is 0 Å². The summed E-state index contributed by atoms with van der Waals surface area (Å²) < 4.78 is 0. The molecule has 16 heavy (non-hydrogen) atoms. The predicted molar refractivity (Wildman–Crippen MR) is 61.5 cm³/mol. The molecule has 3 N–H and O–H groups in total. The Morgan fingerprint density at radius 3 is 2.88 bits per heavy atom. The van der Waals surface area contributed by atoms with Gasteiger partial charge in [0.05, 0.1) is 16.6 Å². The Morgan fingerprint density at radius 1 is 1.19 bits per heavy atom. The first-order chi connectivity index (χ1) is 7.84. The lowest BCUT2D eigenvalue weighted by Gasteiger charge is -1.98. The monoisotopic (exact) mass is 211 g/mol. The summed E-state index contributed by atoms with van der Waals surface area (Å²) in [4.78, 5) is 15.5. The maximum Gasteiger partial charge on any atom is 0.143 e. The van der Waals surface area contributed by atoms with Crippen LogP contribution in [0.1, 0.15) is 0 Å². The summed E-state index contributed by atoms with van der Waals surface area (Å²) in [5, 5.41) is 0. The molecule has 0 bridgehead atoms. The van der Waals surface area contributed by atoms with Gasteiger partial charge in [0.1, 0.15) is 18.0 Å². The minimum Gasteiger partial charge on any atom is -0.383 e. The van der Waals surface area contributed by atoms with Gasteiger partial charge < -0.3 is 10.7 Å². The van der Waals surface area contributed by atoms with Crippen LogP contribution in [0.2, 0.25) is 0 Å². The summed E-state index contributed by atoms with van der Waals surface area (Å²) >= 11 is 0. The second-order valence-electron chi connectivity index (χ2n) is 3.42. The smallest absolute Gasteiger partial charge is 0.143 e. The molecule has 0 aliphatic heterocycles. The molecular formula is C11H9N5. The van der Waals surface area contributed by atoms with Gasteiger partial charge in [-0.05, 0) is 12.1 Å². The van der Waals surface area contributed by atoms with Crippen molar-refractivity contribution in [1.82, 2.24) is 19.9 Å². The lowest BCUT2D eigenvalue weighted by molar-refractivity contribution is 1.16. The molecule has 0 radical (unpaired) electrons. The van der Waals surface area contributed by atoms with Gasteiger partial charge in [-0.3, -0.25) is 0 Å². The van der Waals surface area contributed by atoms with Crippen molar-refractivity contribution >= 4 is 16.9 Å². The molecule has 0 aliphatic rings. The van der Waals surface area contributed by atoms with Crippen molar-refractivity contribution < 1.29 is 0 Å². The van der Waals surface area contributed by atoms with E-state index in [4.69, 9.17) is 5.73 Å². The number of hydrogen-bond acceptors (Lipinski definition) is 4. The zero-order valence-corrected chi connectivity index (χ0v) is 8.38. The summed E-state index contributed by atoms with van der Waals surface area (Å²) in [5.41, 5.74) is 8.36. The first-order valence-electron chi connectivity index (χ1n) is 4.85. The maximum absolute atomic E-state index is 5.76. The average molecular weight is 211 g/mol. The topological polar surface area (TPSA) is 80.5 Å².